The van der Waals surface area contributed by atoms with Crippen molar-refractivity contribution < 1.29 is 23.8 Å². The minimum atomic E-state index is -0.685. The molecule has 1 aliphatic heterocycles. The van der Waals surface area contributed by atoms with Crippen LogP contribution < -0.4 is 20.5 Å². The standard InChI is InChI=1S/C29H30ClN3O5/c1-5-36-23-10-17(7-9-22(23)37-15-25(35)33-20-11-18(30)8-6-16(20)2)26-19(14-31)28(32)38-24-13-29(3,4)12-21(34)27(24)26/h6-11,26H,5,12-13,15,32H2,1-4H3,(H,33,35). The molecule has 2 aliphatic rings. The Balaban J connectivity index is 1.62. The summed E-state index contributed by atoms with van der Waals surface area (Å²) in [4.78, 5) is 25.8. The van der Waals surface area contributed by atoms with Crippen LogP contribution in [0, 0.1) is 23.7 Å². The van der Waals surface area contributed by atoms with E-state index in [9.17, 15) is 14.9 Å². The predicted octanol–water partition coefficient (Wildman–Crippen LogP) is 5.52. The highest BCUT2D eigenvalue weighted by molar-refractivity contribution is 6.31. The SMILES string of the molecule is CCOc1cc(C2C(C#N)=C(N)OC3=C2C(=O)CC(C)(C)C3)ccc1OCC(=O)Nc1cc(Cl)ccc1C. The highest BCUT2D eigenvalue weighted by Crippen LogP contribution is 2.48. The molecule has 2 aromatic rings. The Morgan fingerprint density at radius 2 is 1.97 bits per heavy atom. The fraction of sp³-hybridized carbons (Fsp3) is 0.345. The normalized spacial score (nSPS) is 18.3. The Labute approximate surface area is 227 Å². The number of amides is 1. The van der Waals surface area contributed by atoms with E-state index in [0.717, 1.165) is 5.56 Å². The maximum absolute atomic E-state index is 13.2. The van der Waals surface area contributed by atoms with Gasteiger partial charge in [-0.3, -0.25) is 9.59 Å². The van der Waals surface area contributed by atoms with Gasteiger partial charge in [0, 0.05) is 29.1 Å². The molecule has 38 heavy (non-hydrogen) atoms. The summed E-state index contributed by atoms with van der Waals surface area (Å²) in [6.45, 7) is 7.76. The second-order valence-electron chi connectivity index (χ2n) is 10.1. The van der Waals surface area contributed by atoms with E-state index in [0.29, 0.717) is 58.6 Å². The molecule has 1 atom stereocenters. The second-order valence-corrected chi connectivity index (χ2v) is 10.6. The average molecular weight is 536 g/mol. The fourth-order valence-electron chi connectivity index (χ4n) is 4.77. The summed E-state index contributed by atoms with van der Waals surface area (Å²) in [6.07, 6.45) is 0.871. The first kappa shape index (κ1) is 27.1. The van der Waals surface area contributed by atoms with Gasteiger partial charge in [0.05, 0.1) is 12.5 Å². The van der Waals surface area contributed by atoms with Gasteiger partial charge in [-0.25, -0.2) is 0 Å². The number of nitrogens with two attached hydrogens (primary N) is 1. The molecular weight excluding hydrogens is 506 g/mol. The number of carbonyl (C=O) groups is 2. The highest BCUT2D eigenvalue weighted by Gasteiger charge is 2.43. The van der Waals surface area contributed by atoms with E-state index in [2.05, 4.69) is 11.4 Å². The highest BCUT2D eigenvalue weighted by atomic mass is 35.5. The summed E-state index contributed by atoms with van der Waals surface area (Å²) in [5.74, 6) is 0.0970. The number of nitrogens with one attached hydrogen (secondary N) is 1. The Morgan fingerprint density at radius 3 is 2.68 bits per heavy atom. The maximum atomic E-state index is 13.2. The summed E-state index contributed by atoms with van der Waals surface area (Å²) < 4.78 is 17.4. The Bertz CT molecular complexity index is 1400. The van der Waals surface area contributed by atoms with Gasteiger partial charge in [-0.2, -0.15) is 5.26 Å². The zero-order valence-electron chi connectivity index (χ0n) is 21.8. The number of rotatable bonds is 7. The third kappa shape index (κ3) is 5.63. The Morgan fingerprint density at radius 1 is 1.21 bits per heavy atom. The molecule has 0 aromatic heterocycles. The van der Waals surface area contributed by atoms with Gasteiger partial charge in [-0.1, -0.05) is 37.6 Å². The van der Waals surface area contributed by atoms with Crippen LogP contribution in [-0.2, 0) is 14.3 Å². The van der Waals surface area contributed by atoms with Crippen LogP contribution in [0.3, 0.4) is 0 Å². The van der Waals surface area contributed by atoms with Gasteiger partial charge in [0.25, 0.3) is 5.91 Å². The first-order valence-corrected chi connectivity index (χ1v) is 12.7. The first-order chi connectivity index (χ1) is 18.0. The number of allylic oxidation sites excluding steroid dienone is 3. The molecule has 0 bridgehead atoms. The molecule has 4 rings (SSSR count). The molecule has 0 saturated carbocycles. The number of anilines is 1. The quantitative estimate of drug-likeness (QED) is 0.478. The monoisotopic (exact) mass is 535 g/mol. The zero-order chi connectivity index (χ0) is 27.6. The van der Waals surface area contributed by atoms with Crippen molar-refractivity contribution in [2.24, 2.45) is 11.1 Å². The van der Waals surface area contributed by atoms with Crippen LogP contribution in [0.4, 0.5) is 5.69 Å². The van der Waals surface area contributed by atoms with Crippen LogP contribution in [0.25, 0.3) is 0 Å². The number of ether oxygens (including phenoxy) is 3. The van der Waals surface area contributed by atoms with Gasteiger partial charge >= 0.3 is 0 Å². The van der Waals surface area contributed by atoms with Crippen LogP contribution in [0.15, 0.2) is 59.2 Å². The number of carbonyl (C=O) groups excluding carboxylic acids is 2. The third-order valence-corrected chi connectivity index (χ3v) is 6.74. The number of aryl methyl sites for hydroxylation is 1. The molecule has 3 N–H and O–H groups in total. The predicted molar refractivity (Wildman–Crippen MR) is 144 cm³/mol. The van der Waals surface area contributed by atoms with E-state index in [1.807, 2.05) is 33.8 Å². The van der Waals surface area contributed by atoms with Gasteiger partial charge in [0.2, 0.25) is 5.88 Å². The minimum Gasteiger partial charge on any atom is -0.490 e. The Hall–Kier alpha value is -3.96. The van der Waals surface area contributed by atoms with Crippen LogP contribution in [0.5, 0.6) is 11.5 Å². The van der Waals surface area contributed by atoms with Crippen molar-refractivity contribution in [3.05, 3.63) is 75.3 Å². The second kappa shape index (κ2) is 10.8. The first-order valence-electron chi connectivity index (χ1n) is 12.3. The van der Waals surface area contributed by atoms with Crippen LogP contribution in [-0.4, -0.2) is 24.9 Å². The van der Waals surface area contributed by atoms with Crippen molar-refractivity contribution in [2.45, 2.75) is 46.5 Å². The maximum Gasteiger partial charge on any atom is 0.262 e. The fourth-order valence-corrected chi connectivity index (χ4v) is 4.94. The molecule has 1 heterocycles. The van der Waals surface area contributed by atoms with E-state index in [1.165, 1.54) is 0 Å². The summed E-state index contributed by atoms with van der Waals surface area (Å²) in [5, 5.41) is 13.2. The number of halogens is 1. The molecule has 0 spiro atoms. The van der Waals surface area contributed by atoms with E-state index in [-0.39, 0.29) is 35.2 Å². The lowest BCUT2D eigenvalue weighted by molar-refractivity contribution is -0.119. The molecule has 1 aliphatic carbocycles. The minimum absolute atomic E-state index is 0.00647. The van der Waals surface area contributed by atoms with Crippen molar-refractivity contribution in [3.63, 3.8) is 0 Å². The molecule has 2 aromatic carbocycles. The van der Waals surface area contributed by atoms with Gasteiger partial charge in [0.1, 0.15) is 17.4 Å². The van der Waals surface area contributed by atoms with E-state index in [4.69, 9.17) is 31.5 Å². The number of ketones is 1. The van der Waals surface area contributed by atoms with Crippen molar-refractivity contribution in [2.75, 3.05) is 18.5 Å². The molecule has 8 nitrogen and oxygen atoms in total. The number of hydrogen-bond acceptors (Lipinski definition) is 7. The zero-order valence-corrected chi connectivity index (χ0v) is 22.6. The smallest absolute Gasteiger partial charge is 0.262 e. The van der Waals surface area contributed by atoms with Crippen LogP contribution >= 0.6 is 11.6 Å². The van der Waals surface area contributed by atoms with E-state index >= 15 is 0 Å². The third-order valence-electron chi connectivity index (χ3n) is 6.51. The van der Waals surface area contributed by atoms with Crippen molar-refractivity contribution >= 4 is 29.0 Å². The average Bonchev–Trinajstić information content (AvgIpc) is 2.84. The topological polar surface area (TPSA) is 124 Å². The van der Waals surface area contributed by atoms with Crippen molar-refractivity contribution in [1.82, 2.24) is 0 Å². The molecule has 1 amide bonds. The van der Waals surface area contributed by atoms with Crippen LogP contribution in [0.2, 0.25) is 5.02 Å². The molecule has 0 radical (unpaired) electrons. The lowest BCUT2D eigenvalue weighted by atomic mass is 9.70. The summed E-state index contributed by atoms with van der Waals surface area (Å²) in [5.41, 5.74) is 8.58. The molecule has 1 unspecified atom stereocenters. The lowest BCUT2D eigenvalue weighted by Gasteiger charge is -2.37. The molecular formula is C29H30ClN3O5. The summed E-state index contributed by atoms with van der Waals surface area (Å²) >= 11 is 6.04. The van der Waals surface area contributed by atoms with E-state index in [1.54, 1.807) is 30.3 Å². The van der Waals surface area contributed by atoms with Crippen LogP contribution in [0.1, 0.15) is 50.7 Å². The molecule has 0 saturated heterocycles. The Kier molecular flexibility index (Phi) is 7.70. The van der Waals surface area contributed by atoms with Gasteiger partial charge in [0.15, 0.2) is 23.9 Å². The number of Topliss-reactive ketones (excluding diaryl/α,β-unsaturated/α-hetero) is 1. The molecule has 9 heteroatoms. The number of nitrogens with zero attached hydrogens (tertiary/aromatic N) is 1. The van der Waals surface area contributed by atoms with Crippen molar-refractivity contribution in [3.8, 4) is 17.6 Å². The van der Waals surface area contributed by atoms with Crippen molar-refractivity contribution in [1.29, 1.82) is 5.26 Å². The lowest BCUT2D eigenvalue weighted by Crippen LogP contribution is -2.33. The molecule has 198 valence electrons. The number of benzene rings is 2. The van der Waals surface area contributed by atoms with Gasteiger partial charge in [-0.15, -0.1) is 0 Å². The van der Waals surface area contributed by atoms with E-state index < -0.39 is 5.92 Å². The summed E-state index contributed by atoms with van der Waals surface area (Å²) in [7, 11) is 0. The molecule has 0 fully saturated rings. The largest absolute Gasteiger partial charge is 0.490 e. The summed E-state index contributed by atoms with van der Waals surface area (Å²) in [6, 6.07) is 12.5. The number of nitriles is 1. The number of hydrogen-bond donors (Lipinski definition) is 2. The van der Waals surface area contributed by atoms with Gasteiger partial charge in [-0.05, 0) is 54.7 Å². The van der Waals surface area contributed by atoms with Gasteiger partial charge < -0.3 is 25.3 Å².